The Balaban J connectivity index is 2.88. The van der Waals surface area contributed by atoms with Crippen LogP contribution in [0.2, 0.25) is 5.02 Å². The summed E-state index contributed by atoms with van der Waals surface area (Å²) in [5.41, 5.74) is 0.527. The number of ether oxygens (including phenoxy) is 1. The van der Waals surface area contributed by atoms with Crippen LogP contribution < -0.4 is 10.1 Å². The maximum atomic E-state index is 12.2. The maximum Gasteiger partial charge on any atom is 0.387 e. The van der Waals surface area contributed by atoms with Crippen LogP contribution in [-0.4, -0.2) is 12.7 Å². The summed E-state index contributed by atoms with van der Waals surface area (Å²) in [6.07, 6.45) is 0.886. The molecule has 1 atom stereocenters. The lowest BCUT2D eigenvalue weighted by atomic mass is 10.2. The molecule has 0 amide bonds. The minimum Gasteiger partial charge on any atom is -0.433 e. The van der Waals surface area contributed by atoms with Gasteiger partial charge < -0.3 is 10.1 Å². The second-order valence-corrected chi connectivity index (χ2v) is 3.91. The number of benzene rings is 1. The summed E-state index contributed by atoms with van der Waals surface area (Å²) in [6.45, 7) is 1.11. The average Bonchev–Trinajstić information content (AvgIpc) is 2.21. The van der Waals surface area contributed by atoms with Gasteiger partial charge in [-0.1, -0.05) is 18.5 Å². The first-order valence-corrected chi connectivity index (χ1v) is 5.41. The van der Waals surface area contributed by atoms with E-state index in [4.69, 9.17) is 11.6 Å². The Kier molecular flexibility index (Phi) is 4.80. The van der Waals surface area contributed by atoms with Crippen LogP contribution >= 0.6 is 11.6 Å². The fraction of sp³-hybridized carbons (Fsp3) is 0.455. The fourth-order valence-electron chi connectivity index (χ4n) is 1.18. The zero-order valence-electron chi connectivity index (χ0n) is 9.14. The van der Waals surface area contributed by atoms with E-state index in [-0.39, 0.29) is 11.8 Å². The second kappa shape index (κ2) is 5.89. The van der Waals surface area contributed by atoms with E-state index in [2.05, 4.69) is 10.1 Å². The molecule has 0 aliphatic heterocycles. The Morgan fingerprint density at radius 2 is 2.12 bits per heavy atom. The van der Waals surface area contributed by atoms with Crippen LogP contribution in [0, 0.1) is 0 Å². The van der Waals surface area contributed by atoms with Gasteiger partial charge in [0.25, 0.3) is 0 Å². The van der Waals surface area contributed by atoms with E-state index in [1.807, 2.05) is 13.8 Å². The quantitative estimate of drug-likeness (QED) is 0.846. The van der Waals surface area contributed by atoms with Crippen LogP contribution in [0.4, 0.5) is 14.5 Å². The lowest BCUT2D eigenvalue weighted by molar-refractivity contribution is -0.0493. The van der Waals surface area contributed by atoms with Gasteiger partial charge in [0.05, 0.1) is 5.69 Å². The summed E-state index contributed by atoms with van der Waals surface area (Å²) in [7, 11) is 0. The average molecular weight is 250 g/mol. The van der Waals surface area contributed by atoms with Crippen molar-refractivity contribution in [1.29, 1.82) is 0 Å². The molecule has 2 nitrogen and oxygen atoms in total. The third-order valence-corrected chi connectivity index (χ3v) is 2.41. The van der Waals surface area contributed by atoms with E-state index >= 15 is 0 Å². The van der Waals surface area contributed by atoms with Crippen molar-refractivity contribution < 1.29 is 13.5 Å². The molecular weight excluding hydrogens is 236 g/mol. The molecule has 0 aliphatic rings. The van der Waals surface area contributed by atoms with Crippen LogP contribution in [0.15, 0.2) is 18.2 Å². The van der Waals surface area contributed by atoms with E-state index in [1.54, 1.807) is 12.1 Å². The Bertz CT molecular complexity index is 347. The Morgan fingerprint density at radius 1 is 1.44 bits per heavy atom. The number of hydrogen-bond donors (Lipinski definition) is 1. The lowest BCUT2D eigenvalue weighted by Crippen LogP contribution is -2.15. The van der Waals surface area contributed by atoms with Crippen molar-refractivity contribution in [1.82, 2.24) is 0 Å². The van der Waals surface area contributed by atoms with Gasteiger partial charge in [0.2, 0.25) is 0 Å². The molecule has 1 unspecified atom stereocenters. The minimum atomic E-state index is -2.85. The molecule has 1 aromatic carbocycles. The fourth-order valence-corrected chi connectivity index (χ4v) is 1.34. The predicted octanol–water partition coefficient (Wildman–Crippen LogP) is 4.15. The molecule has 0 spiro atoms. The van der Waals surface area contributed by atoms with Crippen LogP contribution in [-0.2, 0) is 0 Å². The van der Waals surface area contributed by atoms with Gasteiger partial charge in [-0.25, -0.2) is 0 Å². The molecule has 0 fully saturated rings. The van der Waals surface area contributed by atoms with Crippen molar-refractivity contribution in [2.45, 2.75) is 32.9 Å². The predicted molar refractivity (Wildman–Crippen MR) is 61.5 cm³/mol. The molecule has 0 radical (unpaired) electrons. The maximum absolute atomic E-state index is 12.2. The van der Waals surface area contributed by atoms with Gasteiger partial charge in [-0.2, -0.15) is 8.78 Å². The van der Waals surface area contributed by atoms with E-state index < -0.39 is 6.61 Å². The van der Waals surface area contributed by atoms with Crippen molar-refractivity contribution in [3.05, 3.63) is 23.2 Å². The third-order valence-electron chi connectivity index (χ3n) is 2.17. The molecule has 0 aromatic heterocycles. The number of hydrogen-bond acceptors (Lipinski definition) is 2. The van der Waals surface area contributed by atoms with Gasteiger partial charge in [-0.3, -0.25) is 0 Å². The number of anilines is 1. The SMILES string of the molecule is CCC(C)Nc1ccc(Cl)cc1OC(F)F. The Hall–Kier alpha value is -1.03. The smallest absolute Gasteiger partial charge is 0.387 e. The summed E-state index contributed by atoms with van der Waals surface area (Å²) in [5.74, 6) is 0.0720. The standard InChI is InChI=1S/C11H14ClF2NO/c1-3-7(2)15-9-5-4-8(12)6-10(9)16-11(13)14/h4-7,11,15H,3H2,1-2H3. The molecule has 0 aliphatic carbocycles. The molecule has 5 heteroatoms. The van der Waals surface area contributed by atoms with Crippen LogP contribution in [0.1, 0.15) is 20.3 Å². The normalized spacial score (nSPS) is 12.6. The van der Waals surface area contributed by atoms with Crippen molar-refractivity contribution in [2.24, 2.45) is 0 Å². The van der Waals surface area contributed by atoms with Crippen molar-refractivity contribution in [2.75, 3.05) is 5.32 Å². The Morgan fingerprint density at radius 3 is 2.69 bits per heavy atom. The van der Waals surface area contributed by atoms with Gasteiger partial charge >= 0.3 is 6.61 Å². The highest BCUT2D eigenvalue weighted by atomic mass is 35.5. The monoisotopic (exact) mass is 249 g/mol. The number of halogens is 3. The van der Waals surface area contributed by atoms with Crippen LogP contribution in [0.3, 0.4) is 0 Å². The highest BCUT2D eigenvalue weighted by Crippen LogP contribution is 2.30. The molecule has 0 heterocycles. The first-order chi connectivity index (χ1) is 7.52. The number of alkyl halides is 2. The largest absolute Gasteiger partial charge is 0.433 e. The van der Waals surface area contributed by atoms with E-state index in [0.717, 1.165) is 6.42 Å². The van der Waals surface area contributed by atoms with E-state index in [0.29, 0.717) is 10.7 Å². The summed E-state index contributed by atoms with van der Waals surface area (Å²) in [4.78, 5) is 0. The van der Waals surface area contributed by atoms with Crippen molar-refractivity contribution >= 4 is 17.3 Å². The van der Waals surface area contributed by atoms with Gasteiger partial charge in [-0.05, 0) is 25.5 Å². The summed E-state index contributed by atoms with van der Waals surface area (Å²) in [6, 6.07) is 4.82. The topological polar surface area (TPSA) is 21.3 Å². The molecule has 1 aromatic rings. The third kappa shape index (κ3) is 3.85. The highest BCUT2D eigenvalue weighted by Gasteiger charge is 2.11. The van der Waals surface area contributed by atoms with Crippen LogP contribution in [0.25, 0.3) is 0 Å². The minimum absolute atomic E-state index is 0.0720. The zero-order valence-corrected chi connectivity index (χ0v) is 9.89. The first-order valence-electron chi connectivity index (χ1n) is 5.03. The number of rotatable bonds is 5. The first kappa shape index (κ1) is 13.0. The molecule has 0 saturated carbocycles. The molecule has 0 bridgehead atoms. The van der Waals surface area contributed by atoms with Gasteiger partial charge in [0.15, 0.2) is 5.75 Å². The molecule has 0 saturated heterocycles. The van der Waals surface area contributed by atoms with Crippen molar-refractivity contribution in [3.63, 3.8) is 0 Å². The second-order valence-electron chi connectivity index (χ2n) is 3.47. The summed E-state index contributed by atoms with van der Waals surface area (Å²) in [5, 5.41) is 3.44. The molecule has 1 N–H and O–H groups in total. The van der Waals surface area contributed by atoms with Gasteiger partial charge in [-0.15, -0.1) is 0 Å². The van der Waals surface area contributed by atoms with E-state index in [9.17, 15) is 8.78 Å². The summed E-state index contributed by atoms with van der Waals surface area (Å²) < 4.78 is 28.7. The highest BCUT2D eigenvalue weighted by molar-refractivity contribution is 6.30. The van der Waals surface area contributed by atoms with Crippen molar-refractivity contribution in [3.8, 4) is 5.75 Å². The molecule has 16 heavy (non-hydrogen) atoms. The van der Waals surface area contributed by atoms with Gasteiger partial charge in [0.1, 0.15) is 0 Å². The number of nitrogens with one attached hydrogen (secondary N) is 1. The molecule has 1 rings (SSSR count). The van der Waals surface area contributed by atoms with E-state index in [1.165, 1.54) is 6.07 Å². The Labute approximate surface area is 98.6 Å². The molecular formula is C11H14ClF2NO. The lowest BCUT2D eigenvalue weighted by Gasteiger charge is -2.17. The summed E-state index contributed by atoms with van der Waals surface area (Å²) >= 11 is 5.72. The van der Waals surface area contributed by atoms with Gasteiger partial charge in [0, 0.05) is 17.1 Å². The molecule has 90 valence electrons. The zero-order chi connectivity index (χ0) is 12.1. The van der Waals surface area contributed by atoms with Crippen LogP contribution in [0.5, 0.6) is 5.75 Å².